The highest BCUT2D eigenvalue weighted by atomic mass is 35.5. The highest BCUT2D eigenvalue weighted by Crippen LogP contribution is 2.27. The van der Waals surface area contributed by atoms with E-state index in [1.807, 2.05) is 26.8 Å². The van der Waals surface area contributed by atoms with Crippen molar-refractivity contribution in [3.8, 4) is 0 Å². The molecule has 0 fully saturated rings. The van der Waals surface area contributed by atoms with Crippen LogP contribution in [0.5, 0.6) is 0 Å². The van der Waals surface area contributed by atoms with Gasteiger partial charge in [-0.2, -0.15) is 0 Å². The van der Waals surface area contributed by atoms with Crippen molar-refractivity contribution in [1.82, 2.24) is 10.2 Å². The molecule has 1 unspecified atom stereocenters. The van der Waals surface area contributed by atoms with E-state index in [1.165, 1.54) is 17.0 Å². The Balaban J connectivity index is 2.05. The van der Waals surface area contributed by atoms with Crippen LogP contribution in [0.3, 0.4) is 0 Å². The van der Waals surface area contributed by atoms with Crippen LogP contribution in [0.4, 0.5) is 5.69 Å². The first-order valence-corrected chi connectivity index (χ1v) is 14.3. The first-order valence-electron chi connectivity index (χ1n) is 12.5. The molecule has 0 aliphatic carbocycles. The van der Waals surface area contributed by atoms with Crippen molar-refractivity contribution in [3.63, 3.8) is 0 Å². The number of anilines is 1. The number of amides is 2. The number of nitrogens with zero attached hydrogens (tertiary/aromatic N) is 2. The lowest BCUT2D eigenvalue weighted by Gasteiger charge is -2.32. The number of rotatable bonds is 11. The highest BCUT2D eigenvalue weighted by molar-refractivity contribution is 7.92. The zero-order chi connectivity index (χ0) is 27.9. The Morgan fingerprint density at radius 1 is 0.947 bits per heavy atom. The molecule has 0 bridgehead atoms. The summed E-state index contributed by atoms with van der Waals surface area (Å²) in [6, 6.07) is 19.6. The molecule has 2 amide bonds. The van der Waals surface area contributed by atoms with Crippen molar-refractivity contribution < 1.29 is 18.0 Å². The van der Waals surface area contributed by atoms with Crippen LogP contribution in [0.2, 0.25) is 5.02 Å². The minimum absolute atomic E-state index is 0.0469. The zero-order valence-electron chi connectivity index (χ0n) is 22.1. The zero-order valence-corrected chi connectivity index (χ0v) is 23.7. The summed E-state index contributed by atoms with van der Waals surface area (Å²) >= 11 is 6.39. The van der Waals surface area contributed by atoms with Gasteiger partial charge in [0.15, 0.2) is 0 Å². The first kappa shape index (κ1) is 29.2. The van der Waals surface area contributed by atoms with E-state index in [-0.39, 0.29) is 17.3 Å². The van der Waals surface area contributed by atoms with Gasteiger partial charge in [-0.15, -0.1) is 0 Å². The van der Waals surface area contributed by atoms with Crippen LogP contribution in [0.25, 0.3) is 0 Å². The van der Waals surface area contributed by atoms with Crippen molar-refractivity contribution in [1.29, 1.82) is 0 Å². The maximum Gasteiger partial charge on any atom is 0.264 e. The fourth-order valence-electron chi connectivity index (χ4n) is 4.13. The van der Waals surface area contributed by atoms with E-state index in [0.717, 1.165) is 21.9 Å². The maximum absolute atomic E-state index is 13.9. The molecule has 0 saturated heterocycles. The van der Waals surface area contributed by atoms with Gasteiger partial charge in [0.1, 0.15) is 12.6 Å². The largest absolute Gasteiger partial charge is 0.354 e. The van der Waals surface area contributed by atoms with Gasteiger partial charge in [-0.05, 0) is 74.2 Å². The van der Waals surface area contributed by atoms with Crippen LogP contribution in [0, 0.1) is 13.8 Å². The smallest absolute Gasteiger partial charge is 0.264 e. The minimum atomic E-state index is -4.10. The molecule has 38 heavy (non-hydrogen) atoms. The second kappa shape index (κ2) is 12.9. The molecular formula is C29H34ClN3O4S. The van der Waals surface area contributed by atoms with E-state index in [1.54, 1.807) is 61.5 Å². The summed E-state index contributed by atoms with van der Waals surface area (Å²) in [6.07, 6.45) is 0.743. The molecular weight excluding hydrogens is 522 g/mol. The van der Waals surface area contributed by atoms with Crippen molar-refractivity contribution in [2.24, 2.45) is 0 Å². The minimum Gasteiger partial charge on any atom is -0.354 e. The number of carbonyl (C=O) groups excluding carboxylic acids is 2. The van der Waals surface area contributed by atoms with Crippen LogP contribution in [0.15, 0.2) is 77.7 Å². The van der Waals surface area contributed by atoms with E-state index >= 15 is 0 Å². The molecule has 7 nitrogen and oxygen atoms in total. The molecule has 3 aromatic carbocycles. The predicted octanol–water partition coefficient (Wildman–Crippen LogP) is 5.10. The number of hydrogen-bond acceptors (Lipinski definition) is 4. The second-order valence-electron chi connectivity index (χ2n) is 9.25. The Labute approximate surface area is 230 Å². The lowest BCUT2D eigenvalue weighted by Crippen LogP contribution is -2.51. The molecule has 0 aliphatic heterocycles. The highest BCUT2D eigenvalue weighted by Gasteiger charge is 2.32. The average molecular weight is 556 g/mol. The van der Waals surface area contributed by atoms with Crippen LogP contribution >= 0.6 is 11.6 Å². The Morgan fingerprint density at radius 2 is 1.55 bits per heavy atom. The van der Waals surface area contributed by atoms with E-state index in [4.69, 9.17) is 11.6 Å². The third-order valence-electron chi connectivity index (χ3n) is 6.12. The SMILES string of the molecule is CCCNC(=O)C(C)N(Cc1ccccc1Cl)C(=O)CN(c1cc(C)cc(C)c1)S(=O)(=O)c1ccccc1. The molecule has 1 atom stereocenters. The summed E-state index contributed by atoms with van der Waals surface area (Å²) in [6.45, 7) is 7.33. The first-order chi connectivity index (χ1) is 18.0. The van der Waals surface area contributed by atoms with Gasteiger partial charge in [-0.1, -0.05) is 61.0 Å². The van der Waals surface area contributed by atoms with Gasteiger partial charge in [0, 0.05) is 18.1 Å². The summed E-state index contributed by atoms with van der Waals surface area (Å²) in [5.41, 5.74) is 2.75. The van der Waals surface area contributed by atoms with E-state index in [9.17, 15) is 18.0 Å². The summed E-state index contributed by atoms with van der Waals surface area (Å²) < 4.78 is 28.8. The van der Waals surface area contributed by atoms with Gasteiger partial charge >= 0.3 is 0 Å². The van der Waals surface area contributed by atoms with E-state index in [2.05, 4.69) is 5.32 Å². The molecule has 3 aromatic rings. The fourth-order valence-corrected chi connectivity index (χ4v) is 5.75. The molecule has 0 radical (unpaired) electrons. The third-order valence-corrected chi connectivity index (χ3v) is 8.28. The number of nitrogens with one attached hydrogen (secondary N) is 1. The second-order valence-corrected chi connectivity index (χ2v) is 11.5. The summed E-state index contributed by atoms with van der Waals surface area (Å²) in [7, 11) is -4.10. The van der Waals surface area contributed by atoms with Crippen molar-refractivity contribution >= 4 is 39.1 Å². The molecule has 9 heteroatoms. The Hall–Kier alpha value is -3.36. The van der Waals surface area contributed by atoms with Crippen LogP contribution in [-0.4, -0.2) is 44.3 Å². The fraction of sp³-hybridized carbons (Fsp3) is 0.310. The summed E-state index contributed by atoms with van der Waals surface area (Å²) in [4.78, 5) is 28.3. The average Bonchev–Trinajstić information content (AvgIpc) is 2.89. The molecule has 3 rings (SSSR count). The van der Waals surface area contributed by atoms with Crippen molar-refractivity contribution in [2.45, 2.75) is 51.6 Å². The number of halogens is 1. The van der Waals surface area contributed by atoms with Crippen LogP contribution in [0.1, 0.15) is 37.0 Å². The quantitative estimate of drug-likeness (QED) is 0.357. The normalized spacial score (nSPS) is 12.0. The van der Waals surface area contributed by atoms with Gasteiger partial charge < -0.3 is 10.2 Å². The number of benzene rings is 3. The third kappa shape index (κ3) is 7.14. The number of sulfonamides is 1. The molecule has 0 saturated carbocycles. The van der Waals surface area contributed by atoms with Crippen LogP contribution in [-0.2, 0) is 26.2 Å². The maximum atomic E-state index is 13.9. The predicted molar refractivity (Wildman–Crippen MR) is 152 cm³/mol. The van der Waals surface area contributed by atoms with Gasteiger partial charge in [-0.3, -0.25) is 13.9 Å². The van der Waals surface area contributed by atoms with Gasteiger partial charge in [0.2, 0.25) is 11.8 Å². The van der Waals surface area contributed by atoms with Crippen molar-refractivity contribution in [3.05, 3.63) is 94.5 Å². The lowest BCUT2D eigenvalue weighted by atomic mass is 10.1. The van der Waals surface area contributed by atoms with Gasteiger partial charge in [-0.25, -0.2) is 8.42 Å². The summed E-state index contributed by atoms with van der Waals surface area (Å²) in [5.74, 6) is -0.848. The topological polar surface area (TPSA) is 86.8 Å². The van der Waals surface area contributed by atoms with Gasteiger partial charge in [0.25, 0.3) is 10.0 Å². The summed E-state index contributed by atoms with van der Waals surface area (Å²) in [5, 5.41) is 3.28. The molecule has 0 aliphatic rings. The molecule has 202 valence electrons. The number of aryl methyl sites for hydroxylation is 2. The molecule has 0 spiro atoms. The Morgan fingerprint density at radius 3 is 2.16 bits per heavy atom. The molecule has 0 aromatic heterocycles. The monoisotopic (exact) mass is 555 g/mol. The number of carbonyl (C=O) groups is 2. The van der Waals surface area contributed by atoms with Crippen molar-refractivity contribution in [2.75, 3.05) is 17.4 Å². The Bertz CT molecular complexity index is 1360. The molecule has 0 heterocycles. The van der Waals surface area contributed by atoms with Gasteiger partial charge in [0.05, 0.1) is 10.6 Å². The van der Waals surface area contributed by atoms with E-state index < -0.39 is 28.5 Å². The standard InChI is InChI=1S/C29H34ClN3O4S/c1-5-15-31-29(35)23(4)32(19-24-11-9-10-14-27(24)30)28(34)20-33(25-17-21(2)16-22(3)18-25)38(36,37)26-12-7-6-8-13-26/h6-14,16-18,23H,5,15,19-20H2,1-4H3,(H,31,35). The van der Waals surface area contributed by atoms with Crippen LogP contribution < -0.4 is 9.62 Å². The van der Waals surface area contributed by atoms with E-state index in [0.29, 0.717) is 22.8 Å². The Kier molecular flexibility index (Phi) is 9.94. The lowest BCUT2D eigenvalue weighted by molar-refractivity contribution is -0.139. The molecule has 1 N–H and O–H groups in total. The number of hydrogen-bond donors (Lipinski definition) is 1.